The van der Waals surface area contributed by atoms with Crippen molar-refractivity contribution in [3.63, 3.8) is 0 Å². The van der Waals surface area contributed by atoms with E-state index in [1.165, 1.54) is 17.6 Å². The van der Waals surface area contributed by atoms with E-state index in [9.17, 15) is 20.1 Å². The van der Waals surface area contributed by atoms with Gasteiger partial charge in [0.2, 0.25) is 5.91 Å². The maximum absolute atomic E-state index is 13.1. The molecule has 2 aliphatic heterocycles. The fraction of sp³-hybridized carbons (Fsp3) is 0.865. The van der Waals surface area contributed by atoms with Gasteiger partial charge in [0.05, 0.1) is 19.3 Å². The molecule has 4 N–H and O–H groups in total. The van der Waals surface area contributed by atoms with Gasteiger partial charge in [-0.25, -0.2) is 0 Å². The number of allylic oxidation sites excluding steroid dienone is 1. The van der Waals surface area contributed by atoms with Crippen LogP contribution in [-0.4, -0.2) is 96.8 Å². The van der Waals surface area contributed by atoms with Crippen LogP contribution in [0.5, 0.6) is 0 Å². The van der Waals surface area contributed by atoms with Crippen LogP contribution in [0, 0.1) is 35.0 Å². The third kappa shape index (κ3) is 7.00. The number of aliphatic hydroxyl groups excluding tert-OH is 3. The number of methoxy groups -OCH3 is 1. The van der Waals surface area contributed by atoms with Crippen LogP contribution in [0.4, 0.5) is 0 Å². The molecule has 0 aromatic heterocycles. The molecule has 12 atom stereocenters. The quantitative estimate of drug-likeness (QED) is 0.285. The Hall–Kier alpha value is -1.37. The Morgan fingerprint density at radius 3 is 2.53 bits per heavy atom. The molecule has 2 heterocycles. The summed E-state index contributed by atoms with van der Waals surface area (Å²) >= 11 is 0. The first kappa shape index (κ1) is 35.5. The Morgan fingerprint density at radius 1 is 1.06 bits per heavy atom. The summed E-state index contributed by atoms with van der Waals surface area (Å²) in [4.78, 5) is 13.1. The SMILES string of the molecule is COC[C@H]1CC[C@@H]2/C1=C\[C@@]1(C)CCC([C@H](C)CNC(=O)C3CCCCC3)=C1[C@@H](O[C@H]1O[C@@H]3COC(C)(C)O[C@H]3[C@H](O)[C@H]1O)[C@H](O)[C@@H]2C. The molecule has 1 amide bonds. The topological polar surface area (TPSA) is 136 Å². The van der Waals surface area contributed by atoms with Gasteiger partial charge in [-0.05, 0) is 75.7 Å². The van der Waals surface area contributed by atoms with Gasteiger partial charge in [0.1, 0.15) is 30.5 Å². The molecule has 0 aromatic carbocycles. The van der Waals surface area contributed by atoms with Crippen molar-refractivity contribution >= 4 is 5.91 Å². The van der Waals surface area contributed by atoms with Crippen LogP contribution < -0.4 is 5.32 Å². The lowest BCUT2D eigenvalue weighted by Crippen LogP contribution is -2.65. The molecule has 10 nitrogen and oxygen atoms in total. The molecule has 0 spiro atoms. The lowest BCUT2D eigenvalue weighted by molar-refractivity contribution is -0.387. The summed E-state index contributed by atoms with van der Waals surface area (Å²) < 4.78 is 30.4. The molecule has 0 aromatic rings. The smallest absolute Gasteiger partial charge is 0.223 e. The lowest BCUT2D eigenvalue weighted by atomic mass is 9.68. The lowest BCUT2D eigenvalue weighted by Gasteiger charge is -2.50. The highest BCUT2D eigenvalue weighted by Gasteiger charge is 2.55. The second-order valence-corrected chi connectivity index (χ2v) is 16.0. The second kappa shape index (κ2) is 14.1. The standard InChI is InChI=1S/C37H59NO9/c1-20(17-38-34(42)22-10-8-7-9-11-22)24-14-15-37(5)16-26-23(18-43-6)12-13-25(26)21(2)29(39)33(28(24)37)46-35-31(41)30(40)32-27(45-35)19-44-36(3,4)47-32/h16,20-23,25,27,29-33,35,39-41H,7-15,17-19H2,1-6H3,(H,38,42)/b26-16-/t20-,21-,23-,25+,27-,29-,30-,31-,32-,33-,35-,37-/m1/s1. The minimum atomic E-state index is -1.38. The van der Waals surface area contributed by atoms with Gasteiger partial charge in [0, 0.05) is 30.9 Å². The average Bonchev–Trinajstić information content (AvgIpc) is 3.60. The van der Waals surface area contributed by atoms with E-state index in [1.54, 1.807) is 21.0 Å². The Morgan fingerprint density at radius 2 is 1.81 bits per heavy atom. The third-order valence-electron chi connectivity index (χ3n) is 12.3. The number of nitrogens with one attached hydrogen (secondary N) is 1. The molecule has 6 aliphatic rings. The first-order valence-electron chi connectivity index (χ1n) is 18.2. The van der Waals surface area contributed by atoms with E-state index in [2.05, 4.69) is 32.2 Å². The van der Waals surface area contributed by atoms with Crippen LogP contribution in [0.1, 0.15) is 92.4 Å². The Bertz CT molecular complexity index is 1190. The molecule has 266 valence electrons. The minimum absolute atomic E-state index is 0.0227. The predicted octanol–water partition coefficient (Wildman–Crippen LogP) is 4.01. The Labute approximate surface area is 280 Å². The molecular formula is C37H59NO9. The molecule has 47 heavy (non-hydrogen) atoms. The maximum atomic E-state index is 13.1. The summed E-state index contributed by atoms with van der Waals surface area (Å²) in [7, 11) is 1.75. The number of carbonyl (C=O) groups excluding carboxylic acids is 1. The van der Waals surface area contributed by atoms with Crippen molar-refractivity contribution in [3.8, 4) is 0 Å². The highest BCUT2D eigenvalue weighted by molar-refractivity contribution is 5.78. The molecule has 10 heteroatoms. The average molecular weight is 662 g/mol. The van der Waals surface area contributed by atoms with Crippen LogP contribution in [0.15, 0.2) is 22.8 Å². The molecule has 2 saturated heterocycles. The van der Waals surface area contributed by atoms with Crippen molar-refractivity contribution in [1.82, 2.24) is 5.32 Å². The second-order valence-electron chi connectivity index (χ2n) is 16.0. The normalized spacial score (nSPS) is 44.0. The van der Waals surface area contributed by atoms with E-state index in [-0.39, 0.29) is 36.2 Å². The van der Waals surface area contributed by atoms with Crippen LogP contribution in [0.3, 0.4) is 0 Å². The monoisotopic (exact) mass is 661 g/mol. The molecule has 2 saturated carbocycles. The predicted molar refractivity (Wildman–Crippen MR) is 175 cm³/mol. The van der Waals surface area contributed by atoms with Gasteiger partial charge in [0.15, 0.2) is 12.1 Å². The van der Waals surface area contributed by atoms with E-state index < -0.39 is 54.1 Å². The zero-order valence-corrected chi connectivity index (χ0v) is 29.3. The number of aliphatic hydroxyl groups is 3. The number of amides is 1. The first-order valence-corrected chi connectivity index (χ1v) is 18.2. The zero-order chi connectivity index (χ0) is 33.7. The molecule has 0 unspecified atom stereocenters. The van der Waals surface area contributed by atoms with E-state index in [1.807, 2.05) is 0 Å². The van der Waals surface area contributed by atoms with Crippen molar-refractivity contribution in [2.24, 2.45) is 35.0 Å². The van der Waals surface area contributed by atoms with Crippen LogP contribution in [0.2, 0.25) is 0 Å². The van der Waals surface area contributed by atoms with E-state index >= 15 is 0 Å². The molecule has 6 rings (SSSR count). The van der Waals surface area contributed by atoms with E-state index in [4.69, 9.17) is 23.7 Å². The fourth-order valence-corrected chi connectivity index (χ4v) is 9.56. The van der Waals surface area contributed by atoms with Crippen molar-refractivity contribution < 1.29 is 43.8 Å². The highest BCUT2D eigenvalue weighted by Crippen LogP contribution is 2.56. The Kier molecular flexibility index (Phi) is 10.6. The van der Waals surface area contributed by atoms with Gasteiger partial charge >= 0.3 is 0 Å². The summed E-state index contributed by atoms with van der Waals surface area (Å²) in [6, 6.07) is 0. The number of ether oxygens (including phenoxy) is 5. The largest absolute Gasteiger partial charge is 0.390 e. The summed E-state index contributed by atoms with van der Waals surface area (Å²) in [5.74, 6) is -0.309. The summed E-state index contributed by atoms with van der Waals surface area (Å²) in [6.07, 6.45) is 4.50. The number of hydrogen-bond donors (Lipinski definition) is 4. The highest BCUT2D eigenvalue weighted by atomic mass is 16.8. The van der Waals surface area contributed by atoms with Gasteiger partial charge in [-0.2, -0.15) is 0 Å². The molecule has 0 bridgehead atoms. The summed E-state index contributed by atoms with van der Waals surface area (Å²) in [5, 5.41) is 38.1. The van der Waals surface area contributed by atoms with Gasteiger partial charge in [-0.3, -0.25) is 4.79 Å². The van der Waals surface area contributed by atoms with Gasteiger partial charge < -0.3 is 44.3 Å². The zero-order valence-electron chi connectivity index (χ0n) is 29.3. The van der Waals surface area contributed by atoms with Gasteiger partial charge in [-0.15, -0.1) is 0 Å². The maximum Gasteiger partial charge on any atom is 0.223 e. The molecular weight excluding hydrogens is 602 g/mol. The third-order valence-corrected chi connectivity index (χ3v) is 12.3. The summed E-state index contributed by atoms with van der Waals surface area (Å²) in [6.45, 7) is 11.4. The number of fused-ring (bicyclic) bond motifs is 3. The van der Waals surface area contributed by atoms with Gasteiger partial charge in [0.25, 0.3) is 0 Å². The van der Waals surface area contributed by atoms with Crippen molar-refractivity contribution in [2.75, 3.05) is 26.9 Å². The number of carbonyl (C=O) groups is 1. The molecule has 4 fully saturated rings. The van der Waals surface area contributed by atoms with Crippen LogP contribution in [0.25, 0.3) is 0 Å². The van der Waals surface area contributed by atoms with Crippen molar-refractivity contribution in [1.29, 1.82) is 0 Å². The summed E-state index contributed by atoms with van der Waals surface area (Å²) in [5.41, 5.74) is 3.14. The van der Waals surface area contributed by atoms with Crippen molar-refractivity contribution in [2.45, 2.75) is 141 Å². The van der Waals surface area contributed by atoms with E-state index in [0.29, 0.717) is 19.1 Å². The fourth-order valence-electron chi connectivity index (χ4n) is 9.56. The van der Waals surface area contributed by atoms with Crippen LogP contribution >= 0.6 is 0 Å². The van der Waals surface area contributed by atoms with Crippen molar-refractivity contribution in [3.05, 3.63) is 22.8 Å². The van der Waals surface area contributed by atoms with Gasteiger partial charge in [-0.1, -0.05) is 57.3 Å². The minimum Gasteiger partial charge on any atom is -0.390 e. The van der Waals surface area contributed by atoms with Crippen LogP contribution in [-0.2, 0) is 28.5 Å². The Balaban J connectivity index is 1.33. The number of hydrogen-bond acceptors (Lipinski definition) is 9. The number of rotatable bonds is 8. The molecule has 4 aliphatic carbocycles. The van der Waals surface area contributed by atoms with E-state index in [0.717, 1.165) is 56.9 Å². The first-order chi connectivity index (χ1) is 22.3. The molecule has 0 radical (unpaired) electrons.